The highest BCUT2D eigenvalue weighted by atomic mass is 16.6. The molecule has 1 unspecified atom stereocenters. The van der Waals surface area contributed by atoms with Gasteiger partial charge in [0.1, 0.15) is 13.2 Å². The first kappa shape index (κ1) is 69.8. The zero-order chi connectivity index (χ0) is 54.3. The van der Waals surface area contributed by atoms with E-state index in [1.54, 1.807) is 0 Å². The summed E-state index contributed by atoms with van der Waals surface area (Å²) >= 11 is 0. The molecular formula is C69H106O6. The van der Waals surface area contributed by atoms with Gasteiger partial charge in [-0.25, -0.2) is 0 Å². The number of hydrogen-bond donors (Lipinski definition) is 0. The van der Waals surface area contributed by atoms with Gasteiger partial charge in [-0.15, -0.1) is 0 Å². The van der Waals surface area contributed by atoms with E-state index in [0.717, 1.165) is 186 Å². The Labute approximate surface area is 460 Å². The molecular weight excluding hydrogens is 925 g/mol. The molecule has 418 valence electrons. The number of esters is 3. The lowest BCUT2D eigenvalue weighted by atomic mass is 10.1. The van der Waals surface area contributed by atoms with E-state index >= 15 is 0 Å². The predicted molar refractivity (Wildman–Crippen MR) is 325 cm³/mol. The van der Waals surface area contributed by atoms with Crippen molar-refractivity contribution < 1.29 is 28.6 Å². The van der Waals surface area contributed by atoms with E-state index in [0.29, 0.717) is 12.8 Å². The maximum atomic E-state index is 12.9. The number of hydrogen-bond acceptors (Lipinski definition) is 6. The van der Waals surface area contributed by atoms with Crippen LogP contribution in [0.1, 0.15) is 226 Å². The SMILES string of the molecule is CC/C=C\C/C=C\C/C=C\C/C=C\C/C=C\C/C=C\C/C=C\CCCCCCCC(=O)OCC(COC(=O)CCCCC/C=C\C/C=C\C/C=C\CC)OC(=O)CCCCCC/C=C\C/C=C\C/C=C\C/C=C\CC. The van der Waals surface area contributed by atoms with Gasteiger partial charge in [0.25, 0.3) is 0 Å². The Bertz CT molecular complexity index is 1750. The van der Waals surface area contributed by atoms with Crippen molar-refractivity contribution in [3.63, 3.8) is 0 Å². The quantitative estimate of drug-likeness (QED) is 0.0261. The molecule has 0 aromatic heterocycles. The summed E-state index contributed by atoms with van der Waals surface area (Å²) in [5.74, 6) is -0.998. The monoisotopic (exact) mass is 1030 g/mol. The Balaban J connectivity index is 4.47. The molecule has 6 nitrogen and oxygen atoms in total. The van der Waals surface area contributed by atoms with Gasteiger partial charge in [0.05, 0.1) is 0 Å². The van der Waals surface area contributed by atoms with Crippen LogP contribution in [0.15, 0.2) is 170 Å². The predicted octanol–water partition coefficient (Wildman–Crippen LogP) is 20.3. The third-order valence-electron chi connectivity index (χ3n) is 11.7. The van der Waals surface area contributed by atoms with Crippen LogP contribution in [-0.4, -0.2) is 37.2 Å². The fourth-order valence-corrected chi connectivity index (χ4v) is 7.37. The molecule has 0 bridgehead atoms. The van der Waals surface area contributed by atoms with Gasteiger partial charge in [0, 0.05) is 19.3 Å². The fraction of sp³-hybridized carbons (Fsp3) is 0.551. The Morgan fingerprint density at radius 1 is 0.267 bits per heavy atom. The van der Waals surface area contributed by atoms with Gasteiger partial charge in [-0.3, -0.25) is 14.4 Å². The minimum atomic E-state index is -0.821. The Morgan fingerprint density at radius 3 is 0.760 bits per heavy atom. The molecule has 75 heavy (non-hydrogen) atoms. The molecule has 0 aliphatic carbocycles. The van der Waals surface area contributed by atoms with E-state index in [9.17, 15) is 14.4 Å². The van der Waals surface area contributed by atoms with Gasteiger partial charge in [-0.2, -0.15) is 0 Å². The second-order valence-electron chi connectivity index (χ2n) is 18.8. The molecule has 0 saturated heterocycles. The van der Waals surface area contributed by atoms with E-state index in [-0.39, 0.29) is 37.5 Å². The molecule has 0 radical (unpaired) electrons. The normalized spacial score (nSPS) is 13.4. The van der Waals surface area contributed by atoms with E-state index in [1.807, 2.05) is 0 Å². The van der Waals surface area contributed by atoms with Gasteiger partial charge in [0.2, 0.25) is 0 Å². The zero-order valence-electron chi connectivity index (χ0n) is 47.7. The molecule has 0 aliphatic rings. The molecule has 0 amide bonds. The molecule has 0 N–H and O–H groups in total. The fourth-order valence-electron chi connectivity index (χ4n) is 7.37. The highest BCUT2D eigenvalue weighted by molar-refractivity contribution is 5.71. The van der Waals surface area contributed by atoms with Crippen LogP contribution >= 0.6 is 0 Å². The van der Waals surface area contributed by atoms with E-state index < -0.39 is 6.10 Å². The average molecular weight is 1030 g/mol. The lowest BCUT2D eigenvalue weighted by Gasteiger charge is -2.18. The first-order chi connectivity index (χ1) is 37.0. The standard InChI is InChI=1S/C69H106O6/c1-4-7-10-13-16-19-22-25-27-29-30-31-32-33-34-35-36-37-38-40-41-44-47-50-53-56-59-62-68(71)74-65-66(64-73-67(70)61-58-55-52-49-46-43-24-21-18-15-12-9-6-3)75-69(72)63-60-57-54-51-48-45-42-39-28-26-23-20-17-14-11-8-5-2/h7-12,16-21,25-28,30-31,33-34,36-37,40-43,45-46,66H,4-6,13-15,22-24,29,32,35,38-39,44,47-65H2,1-3H3/b10-7-,11-8-,12-9-,19-16-,20-17-,21-18-,27-25-,28-26-,31-30-,34-33-,37-36-,41-40-,45-42-,46-43-. The summed E-state index contributed by atoms with van der Waals surface area (Å²) in [5, 5.41) is 0. The van der Waals surface area contributed by atoms with Crippen molar-refractivity contribution in [1.82, 2.24) is 0 Å². The smallest absolute Gasteiger partial charge is 0.306 e. The molecule has 0 rings (SSSR count). The van der Waals surface area contributed by atoms with Crippen LogP contribution in [0.5, 0.6) is 0 Å². The summed E-state index contributed by atoms with van der Waals surface area (Å²) in [6, 6.07) is 0. The Morgan fingerprint density at radius 2 is 0.480 bits per heavy atom. The molecule has 0 saturated carbocycles. The Hall–Kier alpha value is -5.23. The summed E-state index contributed by atoms with van der Waals surface area (Å²) in [7, 11) is 0. The summed E-state index contributed by atoms with van der Waals surface area (Å²) in [6.45, 7) is 6.21. The molecule has 0 aromatic carbocycles. The maximum Gasteiger partial charge on any atom is 0.306 e. The van der Waals surface area contributed by atoms with Crippen LogP contribution in [0.4, 0.5) is 0 Å². The van der Waals surface area contributed by atoms with Crippen LogP contribution in [0, 0.1) is 0 Å². The summed E-state index contributed by atoms with van der Waals surface area (Å²) in [4.78, 5) is 38.2. The van der Waals surface area contributed by atoms with Gasteiger partial charge in [-0.1, -0.05) is 229 Å². The van der Waals surface area contributed by atoms with E-state index in [4.69, 9.17) is 14.2 Å². The second-order valence-corrected chi connectivity index (χ2v) is 18.8. The van der Waals surface area contributed by atoms with Crippen LogP contribution in [-0.2, 0) is 28.6 Å². The van der Waals surface area contributed by atoms with Crippen molar-refractivity contribution in [2.24, 2.45) is 0 Å². The summed E-state index contributed by atoms with van der Waals surface area (Å²) in [6.07, 6.45) is 90.6. The van der Waals surface area contributed by atoms with Crippen LogP contribution in [0.3, 0.4) is 0 Å². The van der Waals surface area contributed by atoms with Crippen molar-refractivity contribution in [3.05, 3.63) is 170 Å². The Kier molecular flexibility index (Phi) is 57.0. The third-order valence-corrected chi connectivity index (χ3v) is 11.7. The first-order valence-electron chi connectivity index (χ1n) is 29.6. The molecule has 1 atom stereocenters. The largest absolute Gasteiger partial charge is 0.462 e. The van der Waals surface area contributed by atoms with Crippen molar-refractivity contribution in [3.8, 4) is 0 Å². The molecule has 0 aliphatic heterocycles. The maximum absolute atomic E-state index is 12.9. The zero-order valence-corrected chi connectivity index (χ0v) is 47.7. The third kappa shape index (κ3) is 59.5. The molecule has 6 heteroatoms. The van der Waals surface area contributed by atoms with Crippen LogP contribution in [0.25, 0.3) is 0 Å². The van der Waals surface area contributed by atoms with Gasteiger partial charge in [0.15, 0.2) is 6.10 Å². The van der Waals surface area contributed by atoms with Crippen molar-refractivity contribution >= 4 is 17.9 Å². The van der Waals surface area contributed by atoms with E-state index in [2.05, 4.69) is 191 Å². The molecule has 0 aromatic rings. The van der Waals surface area contributed by atoms with Crippen molar-refractivity contribution in [2.75, 3.05) is 13.2 Å². The number of ether oxygens (including phenoxy) is 3. The highest BCUT2D eigenvalue weighted by Gasteiger charge is 2.19. The van der Waals surface area contributed by atoms with Gasteiger partial charge in [-0.05, 0) is 148 Å². The lowest BCUT2D eigenvalue weighted by molar-refractivity contribution is -0.167. The van der Waals surface area contributed by atoms with Crippen LogP contribution in [0.2, 0.25) is 0 Å². The second kappa shape index (κ2) is 61.3. The summed E-state index contributed by atoms with van der Waals surface area (Å²) in [5.41, 5.74) is 0. The topological polar surface area (TPSA) is 78.9 Å². The minimum Gasteiger partial charge on any atom is -0.462 e. The first-order valence-corrected chi connectivity index (χ1v) is 29.6. The van der Waals surface area contributed by atoms with E-state index in [1.165, 1.54) is 0 Å². The highest BCUT2D eigenvalue weighted by Crippen LogP contribution is 2.12. The number of allylic oxidation sites excluding steroid dienone is 28. The van der Waals surface area contributed by atoms with Gasteiger partial charge >= 0.3 is 17.9 Å². The minimum absolute atomic E-state index is 0.116. The van der Waals surface area contributed by atoms with Crippen LogP contribution < -0.4 is 0 Å². The average Bonchev–Trinajstić information content (AvgIpc) is 3.41. The van der Waals surface area contributed by atoms with Gasteiger partial charge < -0.3 is 14.2 Å². The van der Waals surface area contributed by atoms with Crippen molar-refractivity contribution in [2.45, 2.75) is 232 Å². The van der Waals surface area contributed by atoms with Crippen molar-refractivity contribution in [1.29, 1.82) is 0 Å². The summed E-state index contributed by atoms with van der Waals surface area (Å²) < 4.78 is 16.8. The number of carbonyl (C=O) groups is 3. The number of unbranched alkanes of at least 4 members (excludes halogenated alkanes) is 12. The lowest BCUT2D eigenvalue weighted by Crippen LogP contribution is -2.30. The molecule has 0 heterocycles. The molecule has 0 fully saturated rings. The number of carbonyl (C=O) groups excluding carboxylic acids is 3. The molecule has 0 spiro atoms. The number of rotatable bonds is 51.